The number of benzene rings is 1. The second-order valence-electron chi connectivity index (χ2n) is 5.12. The largest absolute Gasteiger partial charge is 0.507 e. The highest BCUT2D eigenvalue weighted by molar-refractivity contribution is 6.04. The van der Waals surface area contributed by atoms with E-state index in [4.69, 9.17) is 9.26 Å². The van der Waals surface area contributed by atoms with Crippen molar-refractivity contribution in [1.82, 2.24) is 5.16 Å². The lowest BCUT2D eigenvalue weighted by atomic mass is 9.86. The maximum atomic E-state index is 12.2. The maximum Gasteiger partial charge on any atom is 0.168 e. The number of carbonyl (C=O) groups excluding carboxylic acids is 1. The number of aromatic nitrogens is 1. The average Bonchev–Trinajstić information content (AvgIpc) is 2.81. The van der Waals surface area contributed by atoms with Crippen LogP contribution in [0.1, 0.15) is 29.5 Å². The molecule has 1 atom stereocenters. The molecule has 1 N–H and O–H groups in total. The van der Waals surface area contributed by atoms with Crippen molar-refractivity contribution >= 4 is 5.78 Å². The van der Waals surface area contributed by atoms with Crippen LogP contribution in [0.25, 0.3) is 11.3 Å². The maximum absolute atomic E-state index is 12.2. The molecule has 5 nitrogen and oxygen atoms in total. The first-order valence-corrected chi connectivity index (χ1v) is 6.50. The van der Waals surface area contributed by atoms with E-state index in [1.165, 1.54) is 13.2 Å². The fraction of sp³-hybridized carbons (Fsp3) is 0.333. The molecule has 2 aromatic rings. The van der Waals surface area contributed by atoms with E-state index >= 15 is 0 Å². The molecule has 1 aromatic heterocycles. The third kappa shape index (κ3) is 1.86. The van der Waals surface area contributed by atoms with Gasteiger partial charge in [-0.15, -0.1) is 0 Å². The molecule has 1 unspecified atom stereocenters. The summed E-state index contributed by atoms with van der Waals surface area (Å²) in [6.07, 6.45) is 1.15. The Balaban J connectivity index is 2.21. The van der Waals surface area contributed by atoms with Gasteiger partial charge in [-0.2, -0.15) is 0 Å². The van der Waals surface area contributed by atoms with Gasteiger partial charge in [-0.05, 0) is 18.1 Å². The predicted molar refractivity (Wildman–Crippen MR) is 72.0 cm³/mol. The molecule has 0 aliphatic heterocycles. The fourth-order valence-electron chi connectivity index (χ4n) is 2.66. The molecule has 104 valence electrons. The monoisotopic (exact) mass is 273 g/mol. The third-order valence-corrected chi connectivity index (χ3v) is 3.57. The lowest BCUT2D eigenvalue weighted by Gasteiger charge is -2.16. The Bertz CT molecular complexity index is 675. The second-order valence-corrected chi connectivity index (χ2v) is 5.12. The summed E-state index contributed by atoms with van der Waals surface area (Å²) in [6, 6.07) is 4.93. The van der Waals surface area contributed by atoms with Crippen LogP contribution >= 0.6 is 0 Å². The van der Waals surface area contributed by atoms with Gasteiger partial charge in [0.1, 0.15) is 23.0 Å². The number of phenolic OH excluding ortho intramolecular Hbond substituents is 1. The van der Waals surface area contributed by atoms with Gasteiger partial charge in [0.15, 0.2) is 5.78 Å². The van der Waals surface area contributed by atoms with Gasteiger partial charge >= 0.3 is 0 Å². The standard InChI is InChI=1S/C15H15NO4/c1-8-6-10(18)14-12(7-8)20-16-15(14)13-9(17)4-3-5-11(13)19-2/h3-5,8,17H,6-7H2,1-2H3. The lowest BCUT2D eigenvalue weighted by molar-refractivity contribution is 0.0948. The summed E-state index contributed by atoms with van der Waals surface area (Å²) in [5.41, 5.74) is 1.25. The normalized spacial score (nSPS) is 17.9. The molecular formula is C15H15NO4. The van der Waals surface area contributed by atoms with Crippen molar-refractivity contribution in [2.24, 2.45) is 5.92 Å². The predicted octanol–water partition coefficient (Wildman–Crippen LogP) is 2.82. The van der Waals surface area contributed by atoms with E-state index in [9.17, 15) is 9.90 Å². The summed E-state index contributed by atoms with van der Waals surface area (Å²) in [5.74, 6) is 1.33. The number of ether oxygens (including phenoxy) is 1. The highest BCUT2D eigenvalue weighted by Gasteiger charge is 2.32. The van der Waals surface area contributed by atoms with E-state index in [1.807, 2.05) is 6.92 Å². The van der Waals surface area contributed by atoms with E-state index in [1.54, 1.807) is 12.1 Å². The van der Waals surface area contributed by atoms with Gasteiger partial charge in [0.05, 0.1) is 18.2 Å². The first kappa shape index (κ1) is 12.7. The highest BCUT2D eigenvalue weighted by Crippen LogP contribution is 2.41. The summed E-state index contributed by atoms with van der Waals surface area (Å²) >= 11 is 0. The van der Waals surface area contributed by atoms with Gasteiger partial charge in [0.2, 0.25) is 0 Å². The Morgan fingerprint density at radius 3 is 2.90 bits per heavy atom. The van der Waals surface area contributed by atoms with Crippen LogP contribution in [0.15, 0.2) is 22.7 Å². The van der Waals surface area contributed by atoms with E-state index in [0.29, 0.717) is 41.2 Å². The molecule has 0 saturated carbocycles. The Labute approximate surface area is 116 Å². The summed E-state index contributed by atoms with van der Waals surface area (Å²) in [7, 11) is 1.51. The number of aromatic hydroxyl groups is 1. The Morgan fingerprint density at radius 2 is 2.15 bits per heavy atom. The number of phenols is 1. The van der Waals surface area contributed by atoms with Crippen LogP contribution in [0, 0.1) is 5.92 Å². The number of rotatable bonds is 2. The zero-order valence-corrected chi connectivity index (χ0v) is 11.3. The third-order valence-electron chi connectivity index (χ3n) is 3.57. The van der Waals surface area contributed by atoms with Crippen LogP contribution < -0.4 is 4.74 Å². The van der Waals surface area contributed by atoms with Crippen LogP contribution in [-0.4, -0.2) is 23.2 Å². The van der Waals surface area contributed by atoms with Crippen molar-refractivity contribution in [1.29, 1.82) is 0 Å². The average molecular weight is 273 g/mol. The number of methoxy groups -OCH3 is 1. The quantitative estimate of drug-likeness (QED) is 0.910. The van der Waals surface area contributed by atoms with Gasteiger partial charge in [0, 0.05) is 12.8 Å². The fourth-order valence-corrected chi connectivity index (χ4v) is 2.66. The number of carbonyl (C=O) groups is 1. The summed E-state index contributed by atoms with van der Waals surface area (Å²) in [5, 5.41) is 14.0. The summed E-state index contributed by atoms with van der Waals surface area (Å²) in [6.45, 7) is 2.00. The number of ketones is 1. The first-order valence-electron chi connectivity index (χ1n) is 6.50. The van der Waals surface area contributed by atoms with Crippen LogP contribution in [0.5, 0.6) is 11.5 Å². The van der Waals surface area contributed by atoms with Crippen LogP contribution in [0.4, 0.5) is 0 Å². The van der Waals surface area contributed by atoms with Crippen molar-refractivity contribution in [2.45, 2.75) is 19.8 Å². The minimum absolute atomic E-state index is 0.000283. The van der Waals surface area contributed by atoms with Crippen molar-refractivity contribution in [2.75, 3.05) is 7.11 Å². The number of nitrogens with zero attached hydrogens (tertiary/aromatic N) is 1. The molecule has 1 aliphatic carbocycles. The molecule has 1 aliphatic rings. The van der Waals surface area contributed by atoms with Crippen LogP contribution in [-0.2, 0) is 6.42 Å². The van der Waals surface area contributed by atoms with Crippen molar-refractivity contribution in [3.63, 3.8) is 0 Å². The van der Waals surface area contributed by atoms with Gasteiger partial charge in [-0.3, -0.25) is 4.79 Å². The SMILES string of the molecule is COc1cccc(O)c1-c1noc2c1C(=O)CC(C)C2. The summed E-state index contributed by atoms with van der Waals surface area (Å²) in [4.78, 5) is 12.2. The van der Waals surface area contributed by atoms with Crippen molar-refractivity contribution < 1.29 is 19.2 Å². The first-order chi connectivity index (χ1) is 9.61. The van der Waals surface area contributed by atoms with Crippen molar-refractivity contribution in [3.05, 3.63) is 29.5 Å². The minimum Gasteiger partial charge on any atom is -0.507 e. The molecule has 0 radical (unpaired) electrons. The van der Waals surface area contributed by atoms with Gasteiger partial charge in [0.25, 0.3) is 0 Å². The van der Waals surface area contributed by atoms with E-state index in [0.717, 1.165) is 0 Å². The lowest BCUT2D eigenvalue weighted by Crippen LogP contribution is -2.16. The van der Waals surface area contributed by atoms with Gasteiger partial charge in [-0.25, -0.2) is 0 Å². The molecule has 0 amide bonds. The number of hydrogen-bond acceptors (Lipinski definition) is 5. The molecule has 20 heavy (non-hydrogen) atoms. The highest BCUT2D eigenvalue weighted by atomic mass is 16.5. The zero-order valence-electron chi connectivity index (χ0n) is 11.3. The molecule has 1 heterocycles. The molecule has 3 rings (SSSR count). The van der Waals surface area contributed by atoms with Gasteiger partial charge in [-0.1, -0.05) is 18.1 Å². The topological polar surface area (TPSA) is 72.6 Å². The Kier molecular flexibility index (Phi) is 2.97. The number of hydrogen-bond donors (Lipinski definition) is 1. The molecule has 0 spiro atoms. The van der Waals surface area contributed by atoms with Crippen LogP contribution in [0.2, 0.25) is 0 Å². The summed E-state index contributed by atoms with van der Waals surface area (Å²) < 4.78 is 10.5. The zero-order chi connectivity index (χ0) is 14.3. The minimum atomic E-state index is 0.000283. The Hall–Kier alpha value is -2.30. The molecule has 0 bridgehead atoms. The smallest absolute Gasteiger partial charge is 0.168 e. The number of fused-ring (bicyclic) bond motifs is 1. The van der Waals surface area contributed by atoms with Crippen molar-refractivity contribution in [3.8, 4) is 22.8 Å². The van der Waals surface area contributed by atoms with Gasteiger partial charge < -0.3 is 14.4 Å². The second kappa shape index (κ2) is 4.67. The number of Topliss-reactive ketones (excluding diaryl/α,β-unsaturated/α-hetero) is 1. The molecule has 0 fully saturated rings. The molecule has 5 heteroatoms. The Morgan fingerprint density at radius 1 is 1.35 bits per heavy atom. The molecule has 0 saturated heterocycles. The van der Waals surface area contributed by atoms with Crippen LogP contribution in [0.3, 0.4) is 0 Å². The molecular weight excluding hydrogens is 258 g/mol. The molecule has 1 aromatic carbocycles. The van der Waals surface area contributed by atoms with E-state index < -0.39 is 0 Å². The van der Waals surface area contributed by atoms with E-state index in [-0.39, 0.29) is 17.5 Å². The van der Waals surface area contributed by atoms with E-state index in [2.05, 4.69) is 5.16 Å².